The van der Waals surface area contributed by atoms with Gasteiger partial charge in [0.15, 0.2) is 17.4 Å². The van der Waals surface area contributed by atoms with Crippen molar-refractivity contribution in [1.82, 2.24) is 9.62 Å². The van der Waals surface area contributed by atoms with E-state index in [1.165, 1.54) is 70.6 Å². The van der Waals surface area contributed by atoms with E-state index in [-0.39, 0.29) is 48.4 Å². The summed E-state index contributed by atoms with van der Waals surface area (Å²) in [7, 11) is -3.42. The number of hydrogen-bond donors (Lipinski definition) is 2. The number of carbonyl (C=O) groups is 5. The first-order chi connectivity index (χ1) is 23.8. The highest BCUT2D eigenvalue weighted by molar-refractivity contribution is 7.89. The molecule has 0 spiro atoms. The number of hydrogen-bond acceptors (Lipinski definition) is 10. The number of benzene rings is 1. The van der Waals surface area contributed by atoms with E-state index < -0.39 is 56.7 Å². The van der Waals surface area contributed by atoms with Gasteiger partial charge < -0.3 is 19.5 Å². The van der Waals surface area contributed by atoms with Crippen LogP contribution in [0.2, 0.25) is 0 Å². The summed E-state index contributed by atoms with van der Waals surface area (Å²) in [5.41, 5.74) is -2.47. The van der Waals surface area contributed by atoms with Crippen LogP contribution >= 0.6 is 0 Å². The van der Waals surface area contributed by atoms with Gasteiger partial charge in [-0.2, -0.15) is 0 Å². The molecule has 0 saturated carbocycles. The number of imide groups is 1. The Balaban J connectivity index is 1.96. The molecule has 51 heavy (non-hydrogen) atoms. The zero-order chi connectivity index (χ0) is 38.4. The number of amides is 3. The Labute approximate surface area is 304 Å². The van der Waals surface area contributed by atoms with Crippen LogP contribution in [0.15, 0.2) is 18.2 Å². The molecule has 1 atom stereocenters. The molecule has 2 rings (SSSR count). The van der Waals surface area contributed by atoms with Crippen molar-refractivity contribution in [2.75, 3.05) is 24.2 Å². The third kappa shape index (κ3) is 14.2. The van der Waals surface area contributed by atoms with E-state index in [1.807, 2.05) is 0 Å². The SMILES string of the molecule is CCCCCCCCCCCCS(=O)(=O)NCCCOC(=O)c1ccc(NC(=O)C(C(=O)C(C)(C)C)N2C(=O)OC(C)(C)C2=O)c(OC(C)C)c1. The van der Waals surface area contributed by atoms with E-state index in [0.29, 0.717) is 11.3 Å². The van der Waals surface area contributed by atoms with E-state index >= 15 is 0 Å². The number of sulfonamides is 1. The highest BCUT2D eigenvalue weighted by Crippen LogP contribution is 2.32. The number of rotatable bonds is 23. The van der Waals surface area contributed by atoms with Gasteiger partial charge >= 0.3 is 12.1 Å². The highest BCUT2D eigenvalue weighted by Gasteiger charge is 2.55. The monoisotopic (exact) mass is 737 g/mol. The lowest BCUT2D eigenvalue weighted by Crippen LogP contribution is -2.55. The molecule has 1 fully saturated rings. The largest absolute Gasteiger partial charge is 0.489 e. The van der Waals surface area contributed by atoms with E-state index in [9.17, 15) is 32.4 Å². The number of cyclic esters (lactones) is 1. The van der Waals surface area contributed by atoms with Crippen LogP contribution < -0.4 is 14.8 Å². The number of carbonyl (C=O) groups excluding carboxylic acids is 5. The second kappa shape index (κ2) is 19.9. The number of anilines is 1. The zero-order valence-electron chi connectivity index (χ0n) is 31.7. The van der Waals surface area contributed by atoms with E-state index in [0.717, 1.165) is 19.3 Å². The number of unbranched alkanes of at least 4 members (excludes halogenated alkanes) is 9. The first-order valence-electron chi connectivity index (χ1n) is 18.2. The molecule has 1 aromatic carbocycles. The Morgan fingerprint density at radius 3 is 2.04 bits per heavy atom. The van der Waals surface area contributed by atoms with Gasteiger partial charge in [0, 0.05) is 12.0 Å². The summed E-state index contributed by atoms with van der Waals surface area (Å²) in [6.45, 7) is 13.2. The lowest BCUT2D eigenvalue weighted by Gasteiger charge is -2.28. The molecule has 1 aliphatic heterocycles. The highest BCUT2D eigenvalue weighted by atomic mass is 32.2. The number of nitrogens with one attached hydrogen (secondary N) is 2. The summed E-state index contributed by atoms with van der Waals surface area (Å²) in [4.78, 5) is 66.2. The van der Waals surface area contributed by atoms with Gasteiger partial charge in [-0.3, -0.25) is 14.4 Å². The van der Waals surface area contributed by atoms with Gasteiger partial charge in [0.25, 0.3) is 11.8 Å². The average Bonchev–Trinajstić information content (AvgIpc) is 3.23. The van der Waals surface area contributed by atoms with Gasteiger partial charge in [0.1, 0.15) is 5.75 Å². The minimum atomic E-state index is -3.42. The van der Waals surface area contributed by atoms with Gasteiger partial charge in [-0.05, 0) is 58.7 Å². The number of ketones is 1. The summed E-state index contributed by atoms with van der Waals surface area (Å²) < 4.78 is 43.6. The second-order valence-electron chi connectivity index (χ2n) is 14.8. The molecule has 288 valence electrons. The van der Waals surface area contributed by atoms with Gasteiger partial charge in [-0.15, -0.1) is 0 Å². The van der Waals surface area contributed by atoms with Crippen LogP contribution in [0, 0.1) is 5.41 Å². The normalized spacial score (nSPS) is 15.1. The molecule has 0 radical (unpaired) electrons. The molecule has 2 N–H and O–H groups in total. The Morgan fingerprint density at radius 2 is 1.51 bits per heavy atom. The van der Waals surface area contributed by atoms with Crippen LogP contribution in [-0.2, 0) is 33.9 Å². The zero-order valence-corrected chi connectivity index (χ0v) is 32.5. The van der Waals surface area contributed by atoms with Crippen LogP contribution in [0.25, 0.3) is 0 Å². The lowest BCUT2D eigenvalue weighted by atomic mass is 9.85. The van der Waals surface area contributed by atoms with Crippen molar-refractivity contribution in [1.29, 1.82) is 0 Å². The molecule has 0 aliphatic carbocycles. The lowest BCUT2D eigenvalue weighted by molar-refractivity contribution is -0.145. The molecule has 3 amide bonds. The van der Waals surface area contributed by atoms with Crippen molar-refractivity contribution in [3.05, 3.63) is 23.8 Å². The van der Waals surface area contributed by atoms with Crippen molar-refractivity contribution in [2.45, 2.75) is 144 Å². The summed E-state index contributed by atoms with van der Waals surface area (Å²) in [6, 6.07) is 2.32. The smallest absolute Gasteiger partial charge is 0.418 e. The third-order valence-electron chi connectivity index (χ3n) is 8.25. The Morgan fingerprint density at radius 1 is 0.922 bits per heavy atom. The van der Waals surface area contributed by atoms with Crippen molar-refractivity contribution < 1.29 is 46.6 Å². The Kier molecular flexibility index (Phi) is 17.0. The predicted octanol–water partition coefficient (Wildman–Crippen LogP) is 6.54. The van der Waals surface area contributed by atoms with E-state index in [1.54, 1.807) is 34.6 Å². The molecule has 13 nitrogen and oxygen atoms in total. The molecule has 1 aliphatic rings. The summed E-state index contributed by atoms with van der Waals surface area (Å²) in [5, 5.41) is 2.59. The third-order valence-corrected chi connectivity index (χ3v) is 9.72. The molecule has 0 bridgehead atoms. The quantitative estimate of drug-likeness (QED) is 0.0713. The standard InChI is InChI=1S/C37H59N3O10S/c1-9-10-11-12-13-14-15-16-17-18-24-51(46,47)38-22-19-23-48-33(43)27-20-21-28(29(25-27)49-26(2)3)39-32(42)30(31(41)36(4,5)6)40-34(44)37(7,8)50-35(40)45/h20-21,25-26,30,38H,9-19,22-24H2,1-8H3,(H,39,42). The van der Waals surface area contributed by atoms with Gasteiger partial charge in [0.05, 0.1) is 29.7 Å². The maximum atomic E-state index is 13.6. The predicted molar refractivity (Wildman–Crippen MR) is 195 cm³/mol. The first-order valence-corrected chi connectivity index (χ1v) is 19.8. The number of Topliss-reactive ketones (excluding diaryl/α,β-unsaturated/α-hetero) is 1. The van der Waals surface area contributed by atoms with Gasteiger partial charge in [-0.1, -0.05) is 85.5 Å². The minimum Gasteiger partial charge on any atom is -0.489 e. The summed E-state index contributed by atoms with van der Waals surface area (Å²) in [5.74, 6) is -3.02. The Hall–Kier alpha value is -3.52. The minimum absolute atomic E-state index is 0.0363. The van der Waals surface area contributed by atoms with Gasteiger partial charge in [-0.25, -0.2) is 27.6 Å². The van der Waals surface area contributed by atoms with Crippen molar-refractivity contribution in [2.24, 2.45) is 5.41 Å². The maximum absolute atomic E-state index is 13.6. The molecule has 1 saturated heterocycles. The van der Waals surface area contributed by atoms with Crippen molar-refractivity contribution in [3.8, 4) is 5.75 Å². The number of nitrogens with zero attached hydrogens (tertiary/aromatic N) is 1. The van der Waals surface area contributed by atoms with Crippen LogP contribution in [-0.4, -0.2) is 79.6 Å². The second-order valence-corrected chi connectivity index (χ2v) is 16.7. The molecular weight excluding hydrogens is 678 g/mol. The molecule has 1 heterocycles. The fourth-order valence-corrected chi connectivity index (χ4v) is 6.56. The summed E-state index contributed by atoms with van der Waals surface area (Å²) >= 11 is 0. The molecule has 1 unspecified atom stereocenters. The summed E-state index contributed by atoms with van der Waals surface area (Å²) in [6.07, 6.45) is 9.93. The van der Waals surface area contributed by atoms with Crippen LogP contribution in [0.1, 0.15) is 136 Å². The Bertz CT molecular complexity index is 1470. The topological polar surface area (TPSA) is 174 Å². The van der Waals surface area contributed by atoms with Crippen molar-refractivity contribution >= 4 is 45.4 Å². The maximum Gasteiger partial charge on any atom is 0.418 e. The average molecular weight is 738 g/mol. The molecule has 0 aromatic heterocycles. The molecular formula is C37H59N3O10S. The van der Waals surface area contributed by atoms with Crippen LogP contribution in [0.5, 0.6) is 5.75 Å². The number of ether oxygens (including phenoxy) is 3. The van der Waals surface area contributed by atoms with Crippen LogP contribution in [0.4, 0.5) is 10.5 Å². The fraction of sp³-hybridized carbons (Fsp3) is 0.703. The van der Waals surface area contributed by atoms with Crippen molar-refractivity contribution in [3.63, 3.8) is 0 Å². The van der Waals surface area contributed by atoms with Gasteiger partial charge in [0.2, 0.25) is 10.0 Å². The fourth-order valence-electron chi connectivity index (χ4n) is 5.38. The molecule has 1 aromatic rings. The van der Waals surface area contributed by atoms with E-state index in [4.69, 9.17) is 14.2 Å². The van der Waals surface area contributed by atoms with E-state index in [2.05, 4.69) is 17.0 Å². The molecule has 14 heteroatoms. The number of esters is 1. The van der Waals surface area contributed by atoms with Crippen LogP contribution in [0.3, 0.4) is 0 Å². The first kappa shape index (κ1) is 43.6.